The molecular weight excluding hydrogens is 399 g/mol. The number of aliphatic imine (C=N–C) groups is 1. The summed E-state index contributed by atoms with van der Waals surface area (Å²) < 4.78 is 2.16. The second kappa shape index (κ2) is 11.1. The summed E-state index contributed by atoms with van der Waals surface area (Å²) in [5.41, 5.74) is 2.71. The van der Waals surface area contributed by atoms with Gasteiger partial charge in [-0.15, -0.1) is 24.0 Å². The summed E-state index contributed by atoms with van der Waals surface area (Å²) in [6.45, 7) is 7.72. The molecule has 126 valence electrons. The van der Waals surface area contributed by atoms with Crippen LogP contribution in [0.15, 0.2) is 53.8 Å². The van der Waals surface area contributed by atoms with Crippen LogP contribution in [0.2, 0.25) is 0 Å². The number of nitrogens with zero attached hydrogens (tertiary/aromatic N) is 2. The third-order valence-corrected chi connectivity index (χ3v) is 3.59. The van der Waals surface area contributed by atoms with Crippen LogP contribution in [0.1, 0.15) is 18.1 Å². The van der Waals surface area contributed by atoms with E-state index in [0.717, 1.165) is 38.6 Å². The molecule has 1 aromatic carbocycles. The molecule has 5 heteroatoms. The summed E-state index contributed by atoms with van der Waals surface area (Å²) in [5.74, 6) is 0.892. The highest BCUT2D eigenvalue weighted by atomic mass is 127. The topological polar surface area (TPSA) is 41.4 Å². The average molecular weight is 426 g/mol. The van der Waals surface area contributed by atoms with Gasteiger partial charge in [0.25, 0.3) is 0 Å². The van der Waals surface area contributed by atoms with Crippen molar-refractivity contribution in [3.05, 3.63) is 59.9 Å². The van der Waals surface area contributed by atoms with E-state index in [2.05, 4.69) is 70.7 Å². The number of aryl methyl sites for hydroxylation is 1. The smallest absolute Gasteiger partial charge is 0.191 e. The van der Waals surface area contributed by atoms with E-state index in [9.17, 15) is 0 Å². The van der Waals surface area contributed by atoms with Gasteiger partial charge in [-0.1, -0.05) is 24.3 Å². The third-order valence-electron chi connectivity index (χ3n) is 3.59. The Morgan fingerprint density at radius 2 is 1.83 bits per heavy atom. The normalized spacial score (nSPS) is 11.0. The van der Waals surface area contributed by atoms with E-state index in [4.69, 9.17) is 0 Å². The Labute approximate surface area is 156 Å². The zero-order valence-corrected chi connectivity index (χ0v) is 16.3. The Balaban J connectivity index is 0.00000264. The van der Waals surface area contributed by atoms with E-state index in [1.807, 2.05) is 12.1 Å². The Bertz CT molecular complexity index is 578. The minimum Gasteiger partial charge on any atom is -0.357 e. The lowest BCUT2D eigenvalue weighted by molar-refractivity contribution is 0.665. The van der Waals surface area contributed by atoms with Crippen molar-refractivity contribution < 1.29 is 0 Å². The molecule has 1 heterocycles. The lowest BCUT2D eigenvalue weighted by Gasteiger charge is -2.12. The molecule has 0 aliphatic carbocycles. The maximum absolute atomic E-state index is 4.65. The largest absolute Gasteiger partial charge is 0.357 e. The summed E-state index contributed by atoms with van der Waals surface area (Å²) in [5, 5.41) is 6.67. The van der Waals surface area contributed by atoms with Crippen LogP contribution in [0.4, 0.5) is 0 Å². The second-order valence-electron chi connectivity index (χ2n) is 5.28. The quantitative estimate of drug-likeness (QED) is 0.406. The number of benzene rings is 1. The molecule has 0 radical (unpaired) electrons. The number of halogens is 1. The van der Waals surface area contributed by atoms with Crippen molar-refractivity contribution in [2.75, 3.05) is 19.6 Å². The molecule has 0 atom stereocenters. The molecule has 0 spiro atoms. The van der Waals surface area contributed by atoms with Gasteiger partial charge in [-0.3, -0.25) is 4.99 Å². The fourth-order valence-electron chi connectivity index (χ4n) is 2.34. The Kier molecular flexibility index (Phi) is 9.43. The first-order valence-electron chi connectivity index (χ1n) is 7.97. The molecule has 2 rings (SSSR count). The van der Waals surface area contributed by atoms with E-state index in [-0.39, 0.29) is 24.0 Å². The molecule has 0 aliphatic rings. The second-order valence-corrected chi connectivity index (χ2v) is 5.28. The van der Waals surface area contributed by atoms with Crippen LogP contribution >= 0.6 is 24.0 Å². The summed E-state index contributed by atoms with van der Waals surface area (Å²) in [6, 6.07) is 12.6. The molecule has 4 nitrogen and oxygen atoms in total. The van der Waals surface area contributed by atoms with Crippen molar-refractivity contribution in [1.82, 2.24) is 15.2 Å². The van der Waals surface area contributed by atoms with Gasteiger partial charge in [0, 0.05) is 38.6 Å². The molecule has 0 saturated heterocycles. The predicted molar refractivity (Wildman–Crippen MR) is 109 cm³/mol. The van der Waals surface area contributed by atoms with Gasteiger partial charge in [0.15, 0.2) is 5.96 Å². The highest BCUT2D eigenvalue weighted by molar-refractivity contribution is 14.0. The fourth-order valence-corrected chi connectivity index (χ4v) is 2.34. The Morgan fingerprint density at radius 3 is 2.52 bits per heavy atom. The highest BCUT2D eigenvalue weighted by Gasteiger charge is 1.99. The van der Waals surface area contributed by atoms with Crippen LogP contribution in [0.5, 0.6) is 0 Å². The summed E-state index contributed by atoms with van der Waals surface area (Å²) in [4.78, 5) is 4.65. The van der Waals surface area contributed by atoms with E-state index < -0.39 is 0 Å². The minimum absolute atomic E-state index is 0. The van der Waals surface area contributed by atoms with Gasteiger partial charge in [0.1, 0.15) is 0 Å². The monoisotopic (exact) mass is 426 g/mol. The standard InChI is InChI=1S/C18H26N4.HI/c1-3-19-18(21-12-15-22-13-6-7-14-22)20-11-10-17-9-5-4-8-16(17)2;/h4-9,13-14H,3,10-12,15H2,1-2H3,(H2,19,20,21);1H. The summed E-state index contributed by atoms with van der Waals surface area (Å²) in [6.07, 6.45) is 5.12. The molecule has 0 aliphatic heterocycles. The molecule has 2 aromatic rings. The van der Waals surface area contributed by atoms with E-state index in [1.54, 1.807) is 0 Å². The third kappa shape index (κ3) is 7.07. The molecule has 0 amide bonds. The van der Waals surface area contributed by atoms with Crippen molar-refractivity contribution in [2.24, 2.45) is 4.99 Å². The van der Waals surface area contributed by atoms with Gasteiger partial charge in [-0.05, 0) is 43.5 Å². The average Bonchev–Trinajstić information content (AvgIpc) is 3.02. The SMILES string of the molecule is CCNC(=NCCc1ccccc1C)NCCn1cccc1.I. The van der Waals surface area contributed by atoms with Crippen LogP contribution in [-0.2, 0) is 13.0 Å². The number of hydrogen-bond acceptors (Lipinski definition) is 1. The van der Waals surface area contributed by atoms with Crippen molar-refractivity contribution in [3.63, 3.8) is 0 Å². The van der Waals surface area contributed by atoms with E-state index in [1.165, 1.54) is 11.1 Å². The number of nitrogens with one attached hydrogen (secondary N) is 2. The molecule has 1 aromatic heterocycles. The van der Waals surface area contributed by atoms with E-state index in [0.29, 0.717) is 0 Å². The van der Waals surface area contributed by atoms with Gasteiger partial charge in [0.2, 0.25) is 0 Å². The number of guanidine groups is 1. The zero-order chi connectivity index (χ0) is 15.6. The number of aromatic nitrogens is 1. The van der Waals surface area contributed by atoms with E-state index >= 15 is 0 Å². The fraction of sp³-hybridized carbons (Fsp3) is 0.389. The first-order chi connectivity index (χ1) is 10.8. The maximum Gasteiger partial charge on any atom is 0.191 e. The van der Waals surface area contributed by atoms with Crippen molar-refractivity contribution in [3.8, 4) is 0 Å². The Hall–Kier alpha value is -1.50. The Morgan fingerprint density at radius 1 is 1.09 bits per heavy atom. The minimum atomic E-state index is 0. The molecule has 0 bridgehead atoms. The first kappa shape index (κ1) is 19.5. The van der Waals surface area contributed by atoms with Crippen LogP contribution < -0.4 is 10.6 Å². The van der Waals surface area contributed by atoms with Crippen LogP contribution in [-0.4, -0.2) is 30.2 Å². The van der Waals surface area contributed by atoms with Crippen molar-refractivity contribution in [1.29, 1.82) is 0 Å². The van der Waals surface area contributed by atoms with Crippen molar-refractivity contribution in [2.45, 2.75) is 26.8 Å². The van der Waals surface area contributed by atoms with Crippen LogP contribution in [0, 0.1) is 6.92 Å². The zero-order valence-electron chi connectivity index (χ0n) is 14.0. The maximum atomic E-state index is 4.65. The lowest BCUT2D eigenvalue weighted by atomic mass is 10.1. The van der Waals surface area contributed by atoms with Crippen molar-refractivity contribution >= 4 is 29.9 Å². The molecule has 2 N–H and O–H groups in total. The summed E-state index contributed by atoms with van der Waals surface area (Å²) >= 11 is 0. The molecule has 0 fully saturated rings. The molecule has 23 heavy (non-hydrogen) atoms. The molecule has 0 saturated carbocycles. The first-order valence-corrected chi connectivity index (χ1v) is 7.97. The molecule has 0 unspecified atom stereocenters. The van der Waals surface area contributed by atoms with Gasteiger partial charge in [-0.25, -0.2) is 0 Å². The summed E-state index contributed by atoms with van der Waals surface area (Å²) in [7, 11) is 0. The lowest BCUT2D eigenvalue weighted by Crippen LogP contribution is -2.39. The van der Waals surface area contributed by atoms with Gasteiger partial charge >= 0.3 is 0 Å². The molecular formula is C18H27IN4. The highest BCUT2D eigenvalue weighted by Crippen LogP contribution is 2.07. The van der Waals surface area contributed by atoms with Gasteiger partial charge in [-0.2, -0.15) is 0 Å². The van der Waals surface area contributed by atoms with Gasteiger partial charge in [0.05, 0.1) is 0 Å². The van der Waals surface area contributed by atoms with Crippen LogP contribution in [0.3, 0.4) is 0 Å². The number of hydrogen-bond donors (Lipinski definition) is 2. The number of rotatable bonds is 7. The predicted octanol–water partition coefficient (Wildman–Crippen LogP) is 3.21. The van der Waals surface area contributed by atoms with Gasteiger partial charge < -0.3 is 15.2 Å². The van der Waals surface area contributed by atoms with Crippen LogP contribution in [0.25, 0.3) is 0 Å².